The number of hydrogen-bond donors (Lipinski definition) is 1. The molecule has 0 spiro atoms. The molecule has 1 fully saturated rings. The van der Waals surface area contributed by atoms with Gasteiger partial charge in [-0.2, -0.15) is 4.98 Å². The van der Waals surface area contributed by atoms with Crippen LogP contribution >= 0.6 is 0 Å². The Balaban J connectivity index is 1.70. The zero-order valence-corrected chi connectivity index (χ0v) is 12.2. The molecule has 0 aromatic carbocycles. The number of imidazole rings is 1. The van der Waals surface area contributed by atoms with Crippen LogP contribution in [0.1, 0.15) is 6.42 Å². The lowest BCUT2D eigenvalue weighted by atomic mass is 10.3. The number of rotatable bonds is 5. The molecular weight excluding hydrogens is 272 g/mol. The molecule has 0 saturated carbocycles. The lowest BCUT2D eigenvalue weighted by Gasteiger charge is -2.26. The van der Waals surface area contributed by atoms with E-state index in [2.05, 4.69) is 19.9 Å². The van der Waals surface area contributed by atoms with Crippen LogP contribution in [0, 0.1) is 0 Å². The van der Waals surface area contributed by atoms with Crippen molar-refractivity contribution in [3.8, 4) is 5.88 Å². The monoisotopic (exact) mass is 292 g/mol. The van der Waals surface area contributed by atoms with Gasteiger partial charge in [-0.3, -0.25) is 9.47 Å². The first-order valence-corrected chi connectivity index (χ1v) is 7.10. The van der Waals surface area contributed by atoms with Gasteiger partial charge in [0.05, 0.1) is 20.3 Å². The first kappa shape index (κ1) is 14.0. The molecule has 114 valence electrons. The lowest BCUT2D eigenvalue weighted by molar-refractivity contribution is 0.0370. The molecule has 3 heterocycles. The van der Waals surface area contributed by atoms with E-state index < -0.39 is 0 Å². The number of ether oxygens (including phenoxy) is 2. The number of nitrogens with two attached hydrogens (primary N) is 1. The smallest absolute Gasteiger partial charge is 0.245 e. The van der Waals surface area contributed by atoms with Gasteiger partial charge < -0.3 is 15.2 Å². The van der Waals surface area contributed by atoms with E-state index in [1.54, 1.807) is 7.11 Å². The highest BCUT2D eigenvalue weighted by Gasteiger charge is 2.15. The molecule has 0 radical (unpaired) electrons. The first-order valence-electron chi connectivity index (χ1n) is 7.10. The van der Waals surface area contributed by atoms with E-state index in [4.69, 9.17) is 15.2 Å². The Bertz CT molecular complexity index is 608. The summed E-state index contributed by atoms with van der Waals surface area (Å²) in [7, 11) is 1.56. The second-order valence-electron chi connectivity index (χ2n) is 4.98. The zero-order valence-electron chi connectivity index (χ0n) is 12.2. The summed E-state index contributed by atoms with van der Waals surface area (Å²) in [6, 6.07) is 0. The molecule has 2 aromatic heterocycles. The van der Waals surface area contributed by atoms with Crippen molar-refractivity contribution < 1.29 is 9.47 Å². The van der Waals surface area contributed by atoms with E-state index in [9.17, 15) is 0 Å². The largest absolute Gasteiger partial charge is 0.479 e. The molecule has 2 N–H and O–H groups in total. The van der Waals surface area contributed by atoms with Crippen LogP contribution in [0.15, 0.2) is 6.33 Å². The van der Waals surface area contributed by atoms with E-state index in [1.165, 1.54) is 6.33 Å². The average molecular weight is 292 g/mol. The maximum Gasteiger partial charge on any atom is 0.245 e. The van der Waals surface area contributed by atoms with Gasteiger partial charge in [-0.15, -0.1) is 0 Å². The van der Waals surface area contributed by atoms with Crippen molar-refractivity contribution in [2.75, 3.05) is 45.7 Å². The van der Waals surface area contributed by atoms with Crippen LogP contribution in [-0.4, -0.2) is 64.4 Å². The Hall–Kier alpha value is -1.93. The van der Waals surface area contributed by atoms with E-state index in [0.717, 1.165) is 51.5 Å². The normalized spacial score (nSPS) is 16.4. The fourth-order valence-electron chi connectivity index (χ4n) is 2.58. The van der Waals surface area contributed by atoms with Gasteiger partial charge in [-0.05, 0) is 6.42 Å². The Morgan fingerprint density at radius 2 is 2.10 bits per heavy atom. The minimum Gasteiger partial charge on any atom is -0.479 e. The van der Waals surface area contributed by atoms with Gasteiger partial charge in [0, 0.05) is 26.2 Å². The van der Waals surface area contributed by atoms with Gasteiger partial charge in [0.2, 0.25) is 11.8 Å². The van der Waals surface area contributed by atoms with Gasteiger partial charge in [-0.1, -0.05) is 0 Å². The number of nitrogens with zero attached hydrogens (tertiary/aromatic N) is 5. The highest BCUT2D eigenvalue weighted by atomic mass is 16.5. The van der Waals surface area contributed by atoms with Gasteiger partial charge >= 0.3 is 0 Å². The SMILES string of the molecule is COc1ncnc2c1nc(N)n2CCCN1CCOCC1. The van der Waals surface area contributed by atoms with Gasteiger partial charge in [-0.25, -0.2) is 9.97 Å². The molecule has 0 atom stereocenters. The van der Waals surface area contributed by atoms with Crippen molar-refractivity contribution in [1.29, 1.82) is 0 Å². The van der Waals surface area contributed by atoms with Crippen molar-refractivity contribution in [2.24, 2.45) is 0 Å². The Kier molecular flexibility index (Phi) is 4.16. The average Bonchev–Trinajstić information content (AvgIpc) is 2.84. The standard InChI is InChI=1S/C13H20N6O2/c1-20-12-10-11(15-9-16-12)19(13(14)17-10)4-2-3-18-5-7-21-8-6-18/h9H,2-8H2,1H3,(H2,14,17). The number of nitrogen functional groups attached to an aromatic ring is 1. The molecular formula is C13H20N6O2. The number of methoxy groups -OCH3 is 1. The highest BCUT2D eigenvalue weighted by Crippen LogP contribution is 2.22. The number of aromatic nitrogens is 4. The number of anilines is 1. The summed E-state index contributed by atoms with van der Waals surface area (Å²) in [4.78, 5) is 15.0. The number of morpholine rings is 1. The van der Waals surface area contributed by atoms with E-state index in [-0.39, 0.29) is 0 Å². The maximum atomic E-state index is 5.99. The van der Waals surface area contributed by atoms with Crippen LogP contribution in [0.2, 0.25) is 0 Å². The van der Waals surface area contributed by atoms with Crippen molar-refractivity contribution in [1.82, 2.24) is 24.4 Å². The van der Waals surface area contributed by atoms with Crippen LogP contribution < -0.4 is 10.5 Å². The second-order valence-corrected chi connectivity index (χ2v) is 4.98. The zero-order chi connectivity index (χ0) is 14.7. The van der Waals surface area contributed by atoms with Crippen LogP contribution in [0.25, 0.3) is 11.2 Å². The molecule has 1 aliphatic heterocycles. The molecule has 1 aliphatic rings. The third-order valence-electron chi connectivity index (χ3n) is 3.68. The maximum absolute atomic E-state index is 5.99. The molecule has 1 saturated heterocycles. The van der Waals surface area contributed by atoms with Crippen LogP contribution in [0.3, 0.4) is 0 Å². The molecule has 0 unspecified atom stereocenters. The summed E-state index contributed by atoms with van der Waals surface area (Å²) in [6.45, 7) is 5.43. The third kappa shape index (κ3) is 2.91. The van der Waals surface area contributed by atoms with E-state index >= 15 is 0 Å². The van der Waals surface area contributed by atoms with Crippen molar-refractivity contribution in [3.63, 3.8) is 0 Å². The summed E-state index contributed by atoms with van der Waals surface area (Å²) in [5, 5.41) is 0. The predicted molar refractivity (Wildman–Crippen MR) is 78.2 cm³/mol. The van der Waals surface area contributed by atoms with Crippen LogP contribution in [-0.2, 0) is 11.3 Å². The quantitative estimate of drug-likeness (QED) is 0.838. The number of hydrogen-bond acceptors (Lipinski definition) is 7. The minimum absolute atomic E-state index is 0.450. The minimum atomic E-state index is 0.450. The van der Waals surface area contributed by atoms with E-state index in [1.807, 2.05) is 4.57 Å². The molecule has 0 aliphatic carbocycles. The molecule has 8 nitrogen and oxygen atoms in total. The molecule has 8 heteroatoms. The fourth-order valence-corrected chi connectivity index (χ4v) is 2.58. The van der Waals surface area contributed by atoms with Gasteiger partial charge in [0.1, 0.15) is 6.33 Å². The van der Waals surface area contributed by atoms with Crippen molar-refractivity contribution in [3.05, 3.63) is 6.33 Å². The van der Waals surface area contributed by atoms with Gasteiger partial charge in [0.25, 0.3) is 0 Å². The van der Waals surface area contributed by atoms with Crippen LogP contribution in [0.4, 0.5) is 5.95 Å². The summed E-state index contributed by atoms with van der Waals surface area (Å²) in [5.74, 6) is 0.907. The third-order valence-corrected chi connectivity index (χ3v) is 3.68. The molecule has 0 amide bonds. The molecule has 3 rings (SSSR count). The Labute approximate surface area is 122 Å². The molecule has 21 heavy (non-hydrogen) atoms. The summed E-state index contributed by atoms with van der Waals surface area (Å²) < 4.78 is 12.5. The molecule has 0 bridgehead atoms. The summed E-state index contributed by atoms with van der Waals surface area (Å²) in [5.41, 5.74) is 7.33. The van der Waals surface area contributed by atoms with Crippen molar-refractivity contribution >= 4 is 17.1 Å². The van der Waals surface area contributed by atoms with Gasteiger partial charge in [0.15, 0.2) is 11.2 Å². The lowest BCUT2D eigenvalue weighted by Crippen LogP contribution is -2.37. The molecule has 2 aromatic rings. The highest BCUT2D eigenvalue weighted by molar-refractivity contribution is 5.78. The second kappa shape index (κ2) is 6.23. The van der Waals surface area contributed by atoms with Crippen molar-refractivity contribution in [2.45, 2.75) is 13.0 Å². The van der Waals surface area contributed by atoms with E-state index in [0.29, 0.717) is 17.3 Å². The predicted octanol–water partition coefficient (Wildman–Crippen LogP) is 0.139. The topological polar surface area (TPSA) is 91.3 Å². The fraction of sp³-hybridized carbons (Fsp3) is 0.615. The summed E-state index contributed by atoms with van der Waals surface area (Å²) in [6.07, 6.45) is 2.46. The Morgan fingerprint density at radius 1 is 1.29 bits per heavy atom. The number of fused-ring (bicyclic) bond motifs is 1. The number of aryl methyl sites for hydroxylation is 1. The summed E-state index contributed by atoms with van der Waals surface area (Å²) >= 11 is 0. The first-order chi connectivity index (χ1) is 10.3. The van der Waals surface area contributed by atoms with Crippen LogP contribution in [0.5, 0.6) is 5.88 Å². The Morgan fingerprint density at radius 3 is 2.86 bits per heavy atom.